The molecule has 0 nitrogen and oxygen atoms in total. The van der Waals surface area contributed by atoms with Crippen LogP contribution in [0.2, 0.25) is 0 Å². The first-order valence-corrected chi connectivity index (χ1v) is 4.96. The van der Waals surface area contributed by atoms with Gasteiger partial charge >= 0.3 is 0 Å². The molecule has 0 saturated heterocycles. The van der Waals surface area contributed by atoms with Crippen molar-refractivity contribution >= 4 is 0 Å². The SMILES string of the molecule is C=CC.CCCCc1ccccc1. The van der Waals surface area contributed by atoms with Crippen LogP contribution in [0.25, 0.3) is 0 Å². The maximum Gasteiger partial charge on any atom is -0.0279 e. The fourth-order valence-corrected chi connectivity index (χ4v) is 1.03. The molecule has 0 N–H and O–H groups in total. The van der Waals surface area contributed by atoms with E-state index in [4.69, 9.17) is 0 Å². The maximum absolute atomic E-state index is 3.36. The molecule has 0 heteroatoms. The van der Waals surface area contributed by atoms with Gasteiger partial charge < -0.3 is 0 Å². The highest BCUT2D eigenvalue weighted by atomic mass is 13.9. The Balaban J connectivity index is 0.000000424. The van der Waals surface area contributed by atoms with Crippen LogP contribution in [0.5, 0.6) is 0 Å². The minimum absolute atomic E-state index is 1.23. The average Bonchev–Trinajstić information content (AvgIpc) is 2.18. The topological polar surface area (TPSA) is 0 Å². The summed E-state index contributed by atoms with van der Waals surface area (Å²) in [5.74, 6) is 0. The molecule has 0 aromatic heterocycles. The molecular formula is C13H20. The Bertz CT molecular complexity index is 199. The van der Waals surface area contributed by atoms with Crippen molar-refractivity contribution in [2.45, 2.75) is 33.1 Å². The van der Waals surface area contributed by atoms with Gasteiger partial charge in [-0.25, -0.2) is 0 Å². The third kappa shape index (κ3) is 7.32. The third-order valence-corrected chi connectivity index (χ3v) is 1.66. The highest BCUT2D eigenvalue weighted by molar-refractivity contribution is 5.14. The van der Waals surface area contributed by atoms with Crippen LogP contribution in [-0.2, 0) is 6.42 Å². The van der Waals surface area contributed by atoms with Crippen LogP contribution in [0.15, 0.2) is 43.0 Å². The lowest BCUT2D eigenvalue weighted by molar-refractivity contribution is 0.795. The second-order valence-corrected chi connectivity index (χ2v) is 3.00. The molecule has 0 aliphatic heterocycles. The van der Waals surface area contributed by atoms with E-state index in [0.29, 0.717) is 0 Å². The van der Waals surface area contributed by atoms with Gasteiger partial charge in [0.25, 0.3) is 0 Å². The van der Waals surface area contributed by atoms with E-state index in [1.807, 2.05) is 6.92 Å². The van der Waals surface area contributed by atoms with Crippen LogP contribution in [0.4, 0.5) is 0 Å². The Kier molecular flexibility index (Phi) is 8.33. The summed E-state index contributed by atoms with van der Waals surface area (Å²) < 4.78 is 0. The van der Waals surface area contributed by atoms with Crippen LogP contribution in [-0.4, -0.2) is 0 Å². The molecule has 0 heterocycles. The minimum Gasteiger partial charge on any atom is -0.103 e. The van der Waals surface area contributed by atoms with Gasteiger partial charge in [-0.05, 0) is 25.3 Å². The van der Waals surface area contributed by atoms with Gasteiger partial charge in [-0.2, -0.15) is 0 Å². The molecule has 0 amide bonds. The molecule has 72 valence electrons. The van der Waals surface area contributed by atoms with E-state index in [1.54, 1.807) is 6.08 Å². The molecule has 0 saturated carbocycles. The zero-order chi connectivity index (χ0) is 9.94. The number of hydrogen-bond acceptors (Lipinski definition) is 0. The van der Waals surface area contributed by atoms with E-state index in [0.717, 1.165) is 0 Å². The van der Waals surface area contributed by atoms with Crippen molar-refractivity contribution in [3.63, 3.8) is 0 Å². The van der Waals surface area contributed by atoms with E-state index >= 15 is 0 Å². The lowest BCUT2D eigenvalue weighted by Gasteiger charge is -1.96. The van der Waals surface area contributed by atoms with E-state index in [1.165, 1.54) is 24.8 Å². The normalized spacial score (nSPS) is 8.46. The zero-order valence-electron chi connectivity index (χ0n) is 8.79. The second kappa shape index (κ2) is 9.05. The van der Waals surface area contributed by atoms with Crippen molar-refractivity contribution in [1.29, 1.82) is 0 Å². The van der Waals surface area contributed by atoms with Crippen LogP contribution >= 0.6 is 0 Å². The summed E-state index contributed by atoms with van der Waals surface area (Å²) in [6.07, 6.45) is 5.58. The van der Waals surface area contributed by atoms with Crippen LogP contribution in [0, 0.1) is 0 Å². The molecule has 13 heavy (non-hydrogen) atoms. The summed E-state index contributed by atoms with van der Waals surface area (Å²) in [5.41, 5.74) is 1.46. The largest absolute Gasteiger partial charge is 0.103 e. The highest BCUT2D eigenvalue weighted by Gasteiger charge is 1.87. The average molecular weight is 176 g/mol. The summed E-state index contributed by atoms with van der Waals surface area (Å²) in [6.45, 7) is 7.48. The van der Waals surface area contributed by atoms with E-state index in [-0.39, 0.29) is 0 Å². The summed E-state index contributed by atoms with van der Waals surface area (Å²) in [5, 5.41) is 0. The molecule has 0 radical (unpaired) electrons. The zero-order valence-corrected chi connectivity index (χ0v) is 8.79. The molecule has 0 spiro atoms. The maximum atomic E-state index is 3.36. The van der Waals surface area contributed by atoms with Crippen molar-refractivity contribution in [3.05, 3.63) is 48.6 Å². The van der Waals surface area contributed by atoms with Crippen molar-refractivity contribution in [2.24, 2.45) is 0 Å². The van der Waals surface area contributed by atoms with Crippen LogP contribution in [0.3, 0.4) is 0 Å². The molecule has 1 rings (SSSR count). The number of allylic oxidation sites excluding steroid dienone is 1. The van der Waals surface area contributed by atoms with Crippen molar-refractivity contribution in [3.8, 4) is 0 Å². The molecule has 1 aromatic carbocycles. The highest BCUT2D eigenvalue weighted by Crippen LogP contribution is 2.03. The molecule has 0 fully saturated rings. The third-order valence-electron chi connectivity index (χ3n) is 1.66. The molecule has 0 aliphatic rings. The van der Waals surface area contributed by atoms with Gasteiger partial charge in [0.2, 0.25) is 0 Å². The molecule has 0 atom stereocenters. The minimum atomic E-state index is 1.23. The van der Waals surface area contributed by atoms with E-state index in [2.05, 4.69) is 43.8 Å². The quantitative estimate of drug-likeness (QED) is 0.605. The Labute approximate surface area is 82.3 Å². The Morgan fingerprint density at radius 2 is 1.77 bits per heavy atom. The number of rotatable bonds is 3. The van der Waals surface area contributed by atoms with Gasteiger partial charge in [-0.3, -0.25) is 0 Å². The molecular weight excluding hydrogens is 156 g/mol. The van der Waals surface area contributed by atoms with Crippen molar-refractivity contribution in [2.75, 3.05) is 0 Å². The van der Waals surface area contributed by atoms with Crippen molar-refractivity contribution in [1.82, 2.24) is 0 Å². The standard InChI is InChI=1S/C10H14.C3H6/c1-2-3-7-10-8-5-4-6-9-10;1-3-2/h4-6,8-9H,2-3,7H2,1H3;3H,1H2,2H3. The van der Waals surface area contributed by atoms with E-state index in [9.17, 15) is 0 Å². The van der Waals surface area contributed by atoms with Crippen LogP contribution in [0.1, 0.15) is 32.3 Å². The van der Waals surface area contributed by atoms with Gasteiger partial charge in [-0.15, -0.1) is 6.58 Å². The first-order chi connectivity index (χ1) is 6.35. The molecule has 0 unspecified atom stereocenters. The lowest BCUT2D eigenvalue weighted by atomic mass is 10.1. The predicted molar refractivity (Wildman–Crippen MR) is 60.9 cm³/mol. The fraction of sp³-hybridized carbons (Fsp3) is 0.385. The number of aryl methyl sites for hydroxylation is 1. The first-order valence-electron chi connectivity index (χ1n) is 4.96. The second-order valence-electron chi connectivity index (χ2n) is 3.00. The van der Waals surface area contributed by atoms with Gasteiger partial charge in [0, 0.05) is 0 Å². The summed E-state index contributed by atoms with van der Waals surface area (Å²) >= 11 is 0. The fourth-order valence-electron chi connectivity index (χ4n) is 1.03. The van der Waals surface area contributed by atoms with Gasteiger partial charge in [0.1, 0.15) is 0 Å². The van der Waals surface area contributed by atoms with Gasteiger partial charge in [-0.1, -0.05) is 49.8 Å². The molecule has 0 bridgehead atoms. The van der Waals surface area contributed by atoms with Crippen molar-refractivity contribution < 1.29 is 0 Å². The number of hydrogen-bond donors (Lipinski definition) is 0. The smallest absolute Gasteiger partial charge is 0.0279 e. The monoisotopic (exact) mass is 176 g/mol. The molecule has 1 aromatic rings. The Morgan fingerprint density at radius 1 is 1.23 bits per heavy atom. The van der Waals surface area contributed by atoms with Gasteiger partial charge in [0.15, 0.2) is 0 Å². The first kappa shape index (κ1) is 12.0. The van der Waals surface area contributed by atoms with E-state index < -0.39 is 0 Å². The predicted octanol–water partition coefficient (Wildman–Crippen LogP) is 4.22. The Morgan fingerprint density at radius 3 is 2.23 bits per heavy atom. The summed E-state index contributed by atoms with van der Waals surface area (Å²) in [4.78, 5) is 0. The summed E-state index contributed by atoms with van der Waals surface area (Å²) in [7, 11) is 0. The Hall–Kier alpha value is -1.04. The number of unbranched alkanes of at least 4 members (excludes halogenated alkanes) is 1. The van der Waals surface area contributed by atoms with Gasteiger partial charge in [0.05, 0.1) is 0 Å². The number of benzene rings is 1. The molecule has 0 aliphatic carbocycles. The van der Waals surface area contributed by atoms with Crippen LogP contribution < -0.4 is 0 Å². The summed E-state index contributed by atoms with van der Waals surface area (Å²) in [6, 6.07) is 10.6. The lowest BCUT2D eigenvalue weighted by Crippen LogP contribution is -1.81.